The Morgan fingerprint density at radius 2 is 1.64 bits per heavy atom. The number of nitro benzene ring substituents is 1. The van der Waals surface area contributed by atoms with Crippen LogP contribution in [0.5, 0.6) is 11.5 Å². The van der Waals surface area contributed by atoms with Crippen LogP contribution >= 0.6 is 15.9 Å². The first-order chi connectivity index (χ1) is 18.8. The summed E-state index contributed by atoms with van der Waals surface area (Å²) < 4.78 is 12.7. The lowest BCUT2D eigenvalue weighted by Crippen LogP contribution is -2.39. The van der Waals surface area contributed by atoms with Crippen molar-refractivity contribution in [3.8, 4) is 11.5 Å². The SMILES string of the molecule is CCOc1cc(C2C3=C(CCCC3=O)N(CC)C3=C2C(=O)CCC3)cc(Br)c1OCc1cccc([N+](=O)[O-])c1. The summed E-state index contributed by atoms with van der Waals surface area (Å²) in [6.45, 7) is 5.17. The fourth-order valence-electron chi connectivity index (χ4n) is 6.00. The maximum absolute atomic E-state index is 13.4. The summed E-state index contributed by atoms with van der Waals surface area (Å²) in [5.41, 5.74) is 5.03. The first-order valence-electron chi connectivity index (χ1n) is 13.5. The number of nitrogens with zero attached hydrogens (tertiary/aromatic N) is 2. The number of Topliss-reactive ketones (excluding diaryl/α,β-unsaturated/α-hetero) is 2. The van der Waals surface area contributed by atoms with Crippen molar-refractivity contribution in [3.63, 3.8) is 0 Å². The molecule has 2 aromatic carbocycles. The molecule has 1 aliphatic heterocycles. The summed E-state index contributed by atoms with van der Waals surface area (Å²) in [5.74, 6) is 0.710. The van der Waals surface area contributed by atoms with Crippen LogP contribution in [0.2, 0.25) is 0 Å². The molecule has 9 heteroatoms. The Kier molecular flexibility index (Phi) is 7.88. The van der Waals surface area contributed by atoms with Crippen molar-refractivity contribution < 1.29 is 24.0 Å². The van der Waals surface area contributed by atoms with Gasteiger partial charge in [-0.1, -0.05) is 12.1 Å². The van der Waals surface area contributed by atoms with Gasteiger partial charge in [0.25, 0.3) is 5.69 Å². The predicted octanol–water partition coefficient (Wildman–Crippen LogP) is 6.77. The molecule has 3 aliphatic rings. The summed E-state index contributed by atoms with van der Waals surface area (Å²) in [6, 6.07) is 10.1. The van der Waals surface area contributed by atoms with E-state index in [0.717, 1.165) is 60.3 Å². The van der Waals surface area contributed by atoms with E-state index in [2.05, 4.69) is 27.8 Å². The van der Waals surface area contributed by atoms with Gasteiger partial charge in [0, 0.05) is 60.0 Å². The smallest absolute Gasteiger partial charge is 0.269 e. The van der Waals surface area contributed by atoms with Gasteiger partial charge in [0.05, 0.1) is 16.0 Å². The molecule has 0 bridgehead atoms. The van der Waals surface area contributed by atoms with Gasteiger partial charge in [0.15, 0.2) is 23.1 Å². The number of rotatable bonds is 8. The molecule has 0 aromatic heterocycles. The minimum absolute atomic E-state index is 0.00331. The monoisotopic (exact) mass is 594 g/mol. The Morgan fingerprint density at radius 1 is 0.974 bits per heavy atom. The zero-order valence-corrected chi connectivity index (χ0v) is 23.7. The third kappa shape index (κ3) is 5.12. The molecule has 1 heterocycles. The van der Waals surface area contributed by atoms with E-state index in [1.807, 2.05) is 19.1 Å². The quantitative estimate of drug-likeness (QED) is 0.245. The zero-order valence-electron chi connectivity index (χ0n) is 22.1. The van der Waals surface area contributed by atoms with Gasteiger partial charge >= 0.3 is 0 Å². The molecule has 204 valence electrons. The van der Waals surface area contributed by atoms with E-state index in [9.17, 15) is 19.7 Å². The molecule has 0 unspecified atom stereocenters. The fraction of sp³-hybridized carbons (Fsp3) is 0.400. The molecular formula is C30H31BrN2O6. The van der Waals surface area contributed by atoms with Crippen LogP contribution < -0.4 is 9.47 Å². The third-order valence-electron chi connectivity index (χ3n) is 7.57. The molecule has 0 saturated carbocycles. The van der Waals surface area contributed by atoms with E-state index in [1.165, 1.54) is 12.1 Å². The van der Waals surface area contributed by atoms with Crippen molar-refractivity contribution in [1.82, 2.24) is 4.90 Å². The van der Waals surface area contributed by atoms with Crippen molar-refractivity contribution in [2.75, 3.05) is 13.2 Å². The van der Waals surface area contributed by atoms with Gasteiger partial charge in [-0.25, -0.2) is 0 Å². The molecule has 39 heavy (non-hydrogen) atoms. The van der Waals surface area contributed by atoms with Gasteiger partial charge in [-0.05, 0) is 78.7 Å². The van der Waals surface area contributed by atoms with Crippen LogP contribution in [0, 0.1) is 10.1 Å². The third-order valence-corrected chi connectivity index (χ3v) is 8.16. The van der Waals surface area contributed by atoms with Crippen molar-refractivity contribution in [2.24, 2.45) is 0 Å². The fourth-order valence-corrected chi connectivity index (χ4v) is 6.58. The number of carbonyl (C=O) groups is 2. The molecule has 2 aromatic rings. The number of halogens is 1. The Morgan fingerprint density at radius 3 is 2.23 bits per heavy atom. The lowest BCUT2D eigenvalue weighted by molar-refractivity contribution is -0.384. The first-order valence-corrected chi connectivity index (χ1v) is 14.3. The van der Waals surface area contributed by atoms with Gasteiger partial charge in [-0.2, -0.15) is 0 Å². The number of hydrogen-bond acceptors (Lipinski definition) is 7. The zero-order chi connectivity index (χ0) is 27.7. The number of hydrogen-bond donors (Lipinski definition) is 0. The molecule has 0 saturated heterocycles. The Balaban J connectivity index is 1.58. The average molecular weight is 595 g/mol. The van der Waals surface area contributed by atoms with Crippen LogP contribution in [0.3, 0.4) is 0 Å². The van der Waals surface area contributed by atoms with E-state index in [1.54, 1.807) is 12.1 Å². The van der Waals surface area contributed by atoms with Gasteiger partial charge < -0.3 is 14.4 Å². The highest BCUT2D eigenvalue weighted by Gasteiger charge is 2.43. The largest absolute Gasteiger partial charge is 0.490 e. The number of non-ortho nitro benzene ring substituents is 1. The molecule has 0 spiro atoms. The van der Waals surface area contributed by atoms with Crippen molar-refractivity contribution in [2.45, 2.75) is 64.9 Å². The molecular weight excluding hydrogens is 564 g/mol. The van der Waals surface area contributed by atoms with E-state index in [-0.39, 0.29) is 23.9 Å². The maximum atomic E-state index is 13.4. The summed E-state index contributed by atoms with van der Waals surface area (Å²) in [6.07, 6.45) is 4.23. The second-order valence-electron chi connectivity index (χ2n) is 9.93. The highest BCUT2D eigenvalue weighted by Crippen LogP contribution is 2.51. The summed E-state index contributed by atoms with van der Waals surface area (Å²) in [5, 5.41) is 11.2. The lowest BCUT2D eigenvalue weighted by atomic mass is 9.71. The topological polar surface area (TPSA) is 99.0 Å². The highest BCUT2D eigenvalue weighted by molar-refractivity contribution is 9.10. The number of allylic oxidation sites excluding steroid dienone is 4. The van der Waals surface area contributed by atoms with Gasteiger partial charge in [0.2, 0.25) is 0 Å². The molecule has 0 fully saturated rings. The molecule has 0 amide bonds. The number of nitro groups is 1. The molecule has 0 atom stereocenters. The Bertz CT molecular complexity index is 1370. The van der Waals surface area contributed by atoms with Crippen molar-refractivity contribution in [1.29, 1.82) is 0 Å². The van der Waals surface area contributed by atoms with Gasteiger partial charge in [-0.3, -0.25) is 19.7 Å². The number of benzene rings is 2. The molecule has 5 rings (SSSR count). The number of ether oxygens (including phenoxy) is 2. The average Bonchev–Trinajstić information content (AvgIpc) is 2.92. The minimum atomic E-state index is -0.445. The summed E-state index contributed by atoms with van der Waals surface area (Å²) in [7, 11) is 0. The van der Waals surface area contributed by atoms with E-state index in [0.29, 0.717) is 41.0 Å². The lowest BCUT2D eigenvalue weighted by Gasteiger charge is -2.43. The second-order valence-corrected chi connectivity index (χ2v) is 10.8. The Hall–Kier alpha value is -3.46. The number of carbonyl (C=O) groups excluding carboxylic acids is 2. The standard InChI is InChI=1S/C30H31BrN2O6/c1-3-32-22-10-6-12-24(34)28(22)27(29-23(32)11-7-13-25(29)35)19-15-21(31)30(26(16-19)38-4-2)39-17-18-8-5-9-20(14-18)33(36)37/h5,8-9,14-16,27H,3-4,6-7,10-13,17H2,1-2H3. The van der Waals surface area contributed by atoms with Crippen LogP contribution in [0.1, 0.15) is 69.4 Å². The first kappa shape index (κ1) is 27.1. The molecule has 2 aliphatic carbocycles. The summed E-state index contributed by atoms with van der Waals surface area (Å²) in [4.78, 5) is 39.8. The molecule has 0 radical (unpaired) electrons. The van der Waals surface area contributed by atoms with Crippen molar-refractivity contribution >= 4 is 33.2 Å². The second kappa shape index (κ2) is 11.3. The maximum Gasteiger partial charge on any atom is 0.269 e. The highest BCUT2D eigenvalue weighted by atomic mass is 79.9. The van der Waals surface area contributed by atoms with Gasteiger partial charge in [-0.15, -0.1) is 0 Å². The number of ketones is 2. The molecule has 0 N–H and O–H groups in total. The minimum Gasteiger partial charge on any atom is -0.490 e. The van der Waals surface area contributed by atoms with Gasteiger partial charge in [0.1, 0.15) is 6.61 Å². The molecule has 8 nitrogen and oxygen atoms in total. The van der Waals surface area contributed by atoms with Crippen molar-refractivity contribution in [3.05, 3.63) is 84.7 Å². The van der Waals surface area contributed by atoms with E-state index < -0.39 is 10.8 Å². The van der Waals surface area contributed by atoms with Crippen LogP contribution in [-0.4, -0.2) is 34.5 Å². The summed E-state index contributed by atoms with van der Waals surface area (Å²) >= 11 is 3.65. The van der Waals surface area contributed by atoms with E-state index >= 15 is 0 Å². The van der Waals surface area contributed by atoms with Crippen LogP contribution in [0.4, 0.5) is 5.69 Å². The Labute approximate surface area is 235 Å². The normalized spacial score (nSPS) is 17.8. The van der Waals surface area contributed by atoms with Crippen LogP contribution in [0.15, 0.2) is 63.4 Å². The van der Waals surface area contributed by atoms with Crippen LogP contribution in [0.25, 0.3) is 0 Å². The predicted molar refractivity (Wildman–Crippen MR) is 150 cm³/mol. The van der Waals surface area contributed by atoms with Crippen LogP contribution in [-0.2, 0) is 16.2 Å². The van der Waals surface area contributed by atoms with E-state index in [4.69, 9.17) is 9.47 Å².